The lowest BCUT2D eigenvalue weighted by atomic mass is 10.1. The van der Waals surface area contributed by atoms with Gasteiger partial charge in [0, 0.05) is 25.2 Å². The smallest absolute Gasteiger partial charge is 0.409 e. The number of amides is 2. The first kappa shape index (κ1) is 16.1. The number of ether oxygens (including phenoxy) is 1. The summed E-state index contributed by atoms with van der Waals surface area (Å²) in [6.07, 6.45) is 4.31. The van der Waals surface area contributed by atoms with Crippen LogP contribution < -0.4 is 5.32 Å². The zero-order valence-corrected chi connectivity index (χ0v) is 13.0. The van der Waals surface area contributed by atoms with Crippen molar-refractivity contribution < 1.29 is 18.7 Å². The number of furan rings is 1. The van der Waals surface area contributed by atoms with E-state index in [4.69, 9.17) is 9.15 Å². The fraction of sp³-hybridized carbons (Fsp3) is 0.500. The van der Waals surface area contributed by atoms with Gasteiger partial charge in [0.25, 0.3) is 0 Å². The van der Waals surface area contributed by atoms with Crippen molar-refractivity contribution in [1.29, 1.82) is 0 Å². The van der Waals surface area contributed by atoms with Crippen LogP contribution in [0, 0.1) is 6.92 Å². The number of carbonyl (C=O) groups excluding carboxylic acids is 2. The molecule has 1 saturated heterocycles. The summed E-state index contributed by atoms with van der Waals surface area (Å²) in [4.78, 5) is 25.1. The largest absolute Gasteiger partial charge is 0.462 e. The quantitative estimate of drug-likeness (QED) is 0.867. The average molecular weight is 306 g/mol. The van der Waals surface area contributed by atoms with Gasteiger partial charge in [-0.25, -0.2) is 4.79 Å². The van der Waals surface area contributed by atoms with Crippen molar-refractivity contribution in [1.82, 2.24) is 10.2 Å². The van der Waals surface area contributed by atoms with Crippen molar-refractivity contribution in [2.24, 2.45) is 0 Å². The van der Waals surface area contributed by atoms with E-state index in [1.807, 2.05) is 19.1 Å². The van der Waals surface area contributed by atoms with Gasteiger partial charge in [0.2, 0.25) is 5.91 Å². The lowest BCUT2D eigenvalue weighted by Crippen LogP contribution is -2.46. The van der Waals surface area contributed by atoms with Gasteiger partial charge < -0.3 is 19.4 Å². The summed E-state index contributed by atoms with van der Waals surface area (Å²) in [5, 5.41) is 2.94. The lowest BCUT2D eigenvalue weighted by molar-refractivity contribution is -0.117. The van der Waals surface area contributed by atoms with Crippen molar-refractivity contribution in [2.45, 2.75) is 32.7 Å². The molecule has 22 heavy (non-hydrogen) atoms. The molecule has 6 nitrogen and oxygen atoms in total. The molecule has 1 aliphatic rings. The molecule has 0 radical (unpaired) electrons. The van der Waals surface area contributed by atoms with Crippen LogP contribution in [-0.4, -0.2) is 42.6 Å². The number of hydrogen-bond acceptors (Lipinski definition) is 4. The maximum absolute atomic E-state index is 11.9. The van der Waals surface area contributed by atoms with Crippen LogP contribution in [0.1, 0.15) is 31.3 Å². The van der Waals surface area contributed by atoms with E-state index in [0.29, 0.717) is 25.5 Å². The minimum Gasteiger partial charge on any atom is -0.462 e. The van der Waals surface area contributed by atoms with E-state index >= 15 is 0 Å². The van der Waals surface area contributed by atoms with Crippen molar-refractivity contribution >= 4 is 18.1 Å². The number of rotatable bonds is 4. The van der Waals surface area contributed by atoms with E-state index in [1.54, 1.807) is 17.9 Å². The maximum atomic E-state index is 11.9. The molecule has 2 rings (SSSR count). The van der Waals surface area contributed by atoms with Crippen LogP contribution in [0.4, 0.5) is 4.79 Å². The molecule has 1 aliphatic heterocycles. The second-order valence-electron chi connectivity index (χ2n) is 5.25. The zero-order chi connectivity index (χ0) is 15.9. The van der Waals surface area contributed by atoms with Crippen LogP contribution in [0.5, 0.6) is 0 Å². The topological polar surface area (TPSA) is 71.8 Å². The third-order valence-corrected chi connectivity index (χ3v) is 3.53. The fourth-order valence-electron chi connectivity index (χ4n) is 2.37. The number of carbonyl (C=O) groups is 2. The highest BCUT2D eigenvalue weighted by Crippen LogP contribution is 2.12. The van der Waals surface area contributed by atoms with Gasteiger partial charge in [-0.3, -0.25) is 4.79 Å². The molecule has 0 saturated carbocycles. The molecule has 0 bridgehead atoms. The van der Waals surface area contributed by atoms with Crippen LogP contribution in [0.3, 0.4) is 0 Å². The van der Waals surface area contributed by atoms with Gasteiger partial charge in [0.1, 0.15) is 11.5 Å². The highest BCUT2D eigenvalue weighted by atomic mass is 16.6. The molecule has 6 heteroatoms. The van der Waals surface area contributed by atoms with E-state index in [9.17, 15) is 9.59 Å². The Bertz CT molecular complexity index is 542. The molecule has 2 amide bonds. The van der Waals surface area contributed by atoms with Gasteiger partial charge >= 0.3 is 6.09 Å². The molecule has 0 aliphatic carbocycles. The molecule has 1 fully saturated rings. The molecular weight excluding hydrogens is 284 g/mol. The number of nitrogens with one attached hydrogen (secondary N) is 1. The molecule has 1 N–H and O–H groups in total. The van der Waals surface area contributed by atoms with Gasteiger partial charge in [0.05, 0.1) is 6.61 Å². The van der Waals surface area contributed by atoms with E-state index in [0.717, 1.165) is 18.6 Å². The summed E-state index contributed by atoms with van der Waals surface area (Å²) in [6, 6.07) is 3.75. The molecular formula is C16H22N2O4. The SMILES string of the molecule is CCOC(=O)N1CCC(NC(=O)/C=C/c2ccc(C)o2)CC1. The van der Waals surface area contributed by atoms with E-state index < -0.39 is 0 Å². The Balaban J connectivity index is 1.74. The molecule has 120 valence electrons. The Hall–Kier alpha value is -2.24. The molecule has 1 aromatic rings. The van der Waals surface area contributed by atoms with E-state index in [2.05, 4.69) is 5.32 Å². The van der Waals surface area contributed by atoms with Crippen molar-refractivity contribution in [2.75, 3.05) is 19.7 Å². The van der Waals surface area contributed by atoms with Gasteiger partial charge in [-0.15, -0.1) is 0 Å². The first-order chi connectivity index (χ1) is 10.6. The Kier molecular flexibility index (Phi) is 5.63. The van der Waals surface area contributed by atoms with Crippen LogP contribution in [0.2, 0.25) is 0 Å². The van der Waals surface area contributed by atoms with Crippen LogP contribution >= 0.6 is 0 Å². The second-order valence-corrected chi connectivity index (χ2v) is 5.25. The third kappa shape index (κ3) is 4.65. The van der Waals surface area contributed by atoms with Gasteiger partial charge in [-0.1, -0.05) is 0 Å². The number of piperidine rings is 1. The Morgan fingerprint density at radius 1 is 1.41 bits per heavy atom. The highest BCUT2D eigenvalue weighted by Gasteiger charge is 2.23. The second kappa shape index (κ2) is 7.68. The molecule has 1 aromatic heterocycles. The minimum absolute atomic E-state index is 0.0844. The minimum atomic E-state index is -0.277. The number of nitrogens with zero attached hydrogens (tertiary/aromatic N) is 1. The monoisotopic (exact) mass is 306 g/mol. The Morgan fingerprint density at radius 3 is 2.73 bits per heavy atom. The first-order valence-corrected chi connectivity index (χ1v) is 7.55. The van der Waals surface area contributed by atoms with Gasteiger partial charge in [0.15, 0.2) is 0 Å². The summed E-state index contributed by atoms with van der Waals surface area (Å²) in [7, 11) is 0. The van der Waals surface area contributed by atoms with E-state index in [1.165, 1.54) is 6.08 Å². The van der Waals surface area contributed by atoms with Gasteiger partial charge in [-0.05, 0) is 44.9 Å². The van der Waals surface area contributed by atoms with E-state index in [-0.39, 0.29) is 18.0 Å². The van der Waals surface area contributed by atoms with Crippen molar-refractivity contribution in [3.8, 4) is 0 Å². The summed E-state index contributed by atoms with van der Waals surface area (Å²) < 4.78 is 10.3. The number of likely N-dealkylation sites (tertiary alicyclic amines) is 1. The van der Waals surface area contributed by atoms with Crippen LogP contribution in [0.15, 0.2) is 22.6 Å². The Morgan fingerprint density at radius 2 is 2.14 bits per heavy atom. The third-order valence-electron chi connectivity index (χ3n) is 3.53. The predicted molar refractivity (Wildman–Crippen MR) is 82.2 cm³/mol. The molecule has 0 atom stereocenters. The normalized spacial score (nSPS) is 16.0. The first-order valence-electron chi connectivity index (χ1n) is 7.55. The number of aryl methyl sites for hydroxylation is 1. The molecule has 2 heterocycles. The van der Waals surface area contributed by atoms with Crippen LogP contribution in [0.25, 0.3) is 6.08 Å². The zero-order valence-electron chi connectivity index (χ0n) is 13.0. The average Bonchev–Trinajstić information content (AvgIpc) is 2.92. The summed E-state index contributed by atoms with van der Waals surface area (Å²) in [5.41, 5.74) is 0. The van der Waals surface area contributed by atoms with Crippen LogP contribution in [-0.2, 0) is 9.53 Å². The standard InChI is InChI=1S/C16H22N2O4/c1-3-21-16(20)18-10-8-13(9-11-18)17-15(19)7-6-14-5-4-12(2)22-14/h4-7,13H,3,8-11H2,1-2H3,(H,17,19)/b7-6+. The summed E-state index contributed by atoms with van der Waals surface area (Å²) >= 11 is 0. The Labute approximate surface area is 130 Å². The predicted octanol–water partition coefficient (Wildman–Crippen LogP) is 2.34. The van der Waals surface area contributed by atoms with Crippen molar-refractivity contribution in [3.05, 3.63) is 29.7 Å². The lowest BCUT2D eigenvalue weighted by Gasteiger charge is -2.31. The molecule has 0 spiro atoms. The fourth-order valence-corrected chi connectivity index (χ4v) is 2.37. The summed E-state index contributed by atoms with van der Waals surface area (Å²) in [5.74, 6) is 1.32. The number of hydrogen-bond donors (Lipinski definition) is 1. The van der Waals surface area contributed by atoms with Crippen molar-refractivity contribution in [3.63, 3.8) is 0 Å². The van der Waals surface area contributed by atoms with Gasteiger partial charge in [-0.2, -0.15) is 0 Å². The maximum Gasteiger partial charge on any atom is 0.409 e. The summed E-state index contributed by atoms with van der Waals surface area (Å²) in [6.45, 7) is 5.23. The molecule has 0 aromatic carbocycles. The molecule has 0 unspecified atom stereocenters. The highest BCUT2D eigenvalue weighted by molar-refractivity contribution is 5.91.